The van der Waals surface area contributed by atoms with Gasteiger partial charge in [-0.15, -0.1) is 0 Å². The Hall–Kier alpha value is -0.550. The monoisotopic (exact) mass is 411 g/mol. The standard InChI is InChI=1S/C28H45NO/c1-18(2)7-6-8-19(3)22-9-10-23-21-15-25-28(30-25)16-20(17-29)11-14-27(28,5)24(21)12-13-26(22,23)4/h18-25H,6-16H2,1-5H3/t19-,20?,21?,22?,23?,24?,25+,26?,27?,28+/m1/s1. The highest BCUT2D eigenvalue weighted by atomic mass is 16.6. The number of hydrogen-bond acceptors (Lipinski definition) is 2. The maximum atomic E-state index is 9.56. The largest absolute Gasteiger partial charge is 0.365 e. The topological polar surface area (TPSA) is 36.3 Å². The van der Waals surface area contributed by atoms with Gasteiger partial charge in [-0.1, -0.05) is 53.9 Å². The Kier molecular flexibility index (Phi) is 5.13. The van der Waals surface area contributed by atoms with Crippen molar-refractivity contribution in [3.8, 4) is 6.07 Å². The molecule has 0 aromatic heterocycles. The fraction of sp³-hybridized carbons (Fsp3) is 0.964. The number of hydrogen-bond donors (Lipinski definition) is 0. The lowest BCUT2D eigenvalue weighted by atomic mass is 9.44. The van der Waals surface area contributed by atoms with Gasteiger partial charge in [0.25, 0.3) is 0 Å². The normalized spacial score (nSPS) is 52.6. The summed E-state index contributed by atoms with van der Waals surface area (Å²) in [5.74, 6) is 5.53. The average molecular weight is 412 g/mol. The first-order chi connectivity index (χ1) is 14.2. The molecule has 4 saturated carbocycles. The van der Waals surface area contributed by atoms with E-state index in [-0.39, 0.29) is 11.5 Å². The van der Waals surface area contributed by atoms with Crippen LogP contribution in [-0.2, 0) is 4.74 Å². The van der Waals surface area contributed by atoms with E-state index in [1.807, 2.05) is 0 Å². The Balaban J connectivity index is 1.33. The van der Waals surface area contributed by atoms with Crippen molar-refractivity contribution in [3.05, 3.63) is 0 Å². The van der Waals surface area contributed by atoms with E-state index < -0.39 is 0 Å². The van der Waals surface area contributed by atoms with Crippen molar-refractivity contribution < 1.29 is 4.74 Å². The van der Waals surface area contributed by atoms with Crippen LogP contribution in [0.25, 0.3) is 0 Å². The highest BCUT2D eigenvalue weighted by Crippen LogP contribution is 2.74. The van der Waals surface area contributed by atoms with Crippen molar-refractivity contribution >= 4 is 0 Å². The summed E-state index contributed by atoms with van der Waals surface area (Å²) < 4.78 is 6.58. The molecule has 0 aromatic carbocycles. The summed E-state index contributed by atoms with van der Waals surface area (Å²) >= 11 is 0. The summed E-state index contributed by atoms with van der Waals surface area (Å²) in [6, 6.07) is 2.58. The first-order valence-corrected chi connectivity index (χ1v) is 13.3. The van der Waals surface area contributed by atoms with Gasteiger partial charge in [-0.2, -0.15) is 5.26 Å². The third-order valence-corrected chi connectivity index (χ3v) is 11.5. The molecule has 10 atom stereocenters. The van der Waals surface area contributed by atoms with Crippen LogP contribution in [0.15, 0.2) is 0 Å². The predicted molar refractivity (Wildman–Crippen MR) is 122 cm³/mol. The molecular formula is C28H45NO. The number of fused-ring (bicyclic) bond motifs is 4. The van der Waals surface area contributed by atoms with Crippen molar-refractivity contribution in [2.24, 2.45) is 52.3 Å². The van der Waals surface area contributed by atoms with Gasteiger partial charge in [0.05, 0.1) is 12.2 Å². The third kappa shape index (κ3) is 2.89. The Morgan fingerprint density at radius 2 is 1.80 bits per heavy atom. The first-order valence-electron chi connectivity index (χ1n) is 13.3. The van der Waals surface area contributed by atoms with Crippen LogP contribution in [0.2, 0.25) is 0 Å². The Morgan fingerprint density at radius 3 is 2.53 bits per heavy atom. The molecule has 168 valence electrons. The second kappa shape index (κ2) is 7.23. The van der Waals surface area contributed by atoms with Gasteiger partial charge in [0.1, 0.15) is 5.60 Å². The van der Waals surface area contributed by atoms with Crippen LogP contribution in [-0.4, -0.2) is 11.7 Å². The summed E-state index contributed by atoms with van der Waals surface area (Å²) in [5.41, 5.74) is 0.965. The zero-order chi connectivity index (χ0) is 21.3. The van der Waals surface area contributed by atoms with Gasteiger partial charge in [0.15, 0.2) is 0 Å². The van der Waals surface area contributed by atoms with E-state index in [0.29, 0.717) is 16.9 Å². The van der Waals surface area contributed by atoms with Gasteiger partial charge in [-0.25, -0.2) is 0 Å². The third-order valence-electron chi connectivity index (χ3n) is 11.5. The molecule has 0 aromatic rings. The molecule has 0 bridgehead atoms. The molecule has 1 heterocycles. The van der Waals surface area contributed by atoms with Crippen LogP contribution in [0.1, 0.15) is 105 Å². The van der Waals surface area contributed by atoms with Gasteiger partial charge < -0.3 is 4.74 Å². The molecule has 5 rings (SSSR count). The SMILES string of the molecule is CC(C)CCC[C@@H](C)C1CCC2C3C[C@@H]4O[C@@]45CC(C#N)CCC5(C)C3CCC21C. The van der Waals surface area contributed by atoms with Crippen LogP contribution in [0.3, 0.4) is 0 Å². The maximum absolute atomic E-state index is 9.56. The molecule has 0 N–H and O–H groups in total. The highest BCUT2D eigenvalue weighted by Gasteiger charge is 2.76. The number of nitrogens with zero attached hydrogens (tertiary/aromatic N) is 1. The summed E-state index contributed by atoms with van der Waals surface area (Å²) in [4.78, 5) is 0. The van der Waals surface area contributed by atoms with Gasteiger partial charge >= 0.3 is 0 Å². The van der Waals surface area contributed by atoms with E-state index >= 15 is 0 Å². The van der Waals surface area contributed by atoms with E-state index in [4.69, 9.17) is 4.74 Å². The minimum atomic E-state index is 0.0721. The quantitative estimate of drug-likeness (QED) is 0.442. The molecule has 1 aliphatic heterocycles. The van der Waals surface area contributed by atoms with Crippen molar-refractivity contribution in [1.29, 1.82) is 5.26 Å². The Morgan fingerprint density at radius 1 is 1.00 bits per heavy atom. The van der Waals surface area contributed by atoms with Gasteiger partial charge in [-0.3, -0.25) is 0 Å². The summed E-state index contributed by atoms with van der Waals surface area (Å²) in [6.45, 7) is 12.6. The average Bonchev–Trinajstić information content (AvgIpc) is 3.28. The van der Waals surface area contributed by atoms with E-state index in [1.165, 1.54) is 57.8 Å². The molecule has 5 fully saturated rings. The van der Waals surface area contributed by atoms with Crippen LogP contribution in [0.5, 0.6) is 0 Å². The molecular weight excluding hydrogens is 366 g/mol. The second-order valence-corrected chi connectivity index (χ2v) is 13.1. The first kappa shape index (κ1) is 21.3. The molecule has 1 saturated heterocycles. The van der Waals surface area contributed by atoms with Crippen molar-refractivity contribution in [2.75, 3.05) is 0 Å². The number of ether oxygens (including phenoxy) is 1. The van der Waals surface area contributed by atoms with Gasteiger partial charge in [0, 0.05) is 11.3 Å². The fourth-order valence-electron chi connectivity index (χ4n) is 9.82. The lowest BCUT2D eigenvalue weighted by Crippen LogP contribution is -2.58. The second-order valence-electron chi connectivity index (χ2n) is 13.1. The molecule has 4 aliphatic carbocycles. The molecule has 30 heavy (non-hydrogen) atoms. The lowest BCUT2D eigenvalue weighted by molar-refractivity contribution is -0.104. The minimum absolute atomic E-state index is 0.0721. The lowest BCUT2D eigenvalue weighted by Gasteiger charge is -2.59. The molecule has 7 unspecified atom stereocenters. The summed E-state index contributed by atoms with van der Waals surface area (Å²) in [6.07, 6.45) is 15.1. The predicted octanol–water partition coefficient (Wildman–Crippen LogP) is 7.38. The van der Waals surface area contributed by atoms with Crippen LogP contribution < -0.4 is 0 Å². The smallest absolute Gasteiger partial charge is 0.102 e. The zero-order valence-corrected chi connectivity index (χ0v) is 20.3. The molecule has 5 aliphatic rings. The van der Waals surface area contributed by atoms with E-state index in [9.17, 15) is 5.26 Å². The van der Waals surface area contributed by atoms with E-state index in [2.05, 4.69) is 40.7 Å². The van der Waals surface area contributed by atoms with Crippen LogP contribution in [0, 0.1) is 63.6 Å². The Labute approximate surface area is 185 Å². The Bertz CT molecular complexity index is 710. The van der Waals surface area contributed by atoms with Gasteiger partial charge in [-0.05, 0) is 92.3 Å². The summed E-state index contributed by atoms with van der Waals surface area (Å²) in [5, 5.41) is 9.56. The number of nitriles is 1. The summed E-state index contributed by atoms with van der Waals surface area (Å²) in [7, 11) is 0. The molecule has 0 amide bonds. The molecule has 2 nitrogen and oxygen atoms in total. The minimum Gasteiger partial charge on any atom is -0.365 e. The van der Waals surface area contributed by atoms with E-state index in [0.717, 1.165) is 48.3 Å². The van der Waals surface area contributed by atoms with Gasteiger partial charge in [0.2, 0.25) is 0 Å². The highest BCUT2D eigenvalue weighted by molar-refractivity contribution is 5.25. The number of rotatable bonds is 5. The number of epoxide rings is 1. The van der Waals surface area contributed by atoms with Crippen molar-refractivity contribution in [2.45, 2.75) is 117 Å². The molecule has 1 spiro atoms. The zero-order valence-electron chi connectivity index (χ0n) is 20.3. The molecule has 2 heteroatoms. The van der Waals surface area contributed by atoms with Crippen molar-refractivity contribution in [3.63, 3.8) is 0 Å². The fourth-order valence-corrected chi connectivity index (χ4v) is 9.82. The maximum Gasteiger partial charge on any atom is 0.102 e. The van der Waals surface area contributed by atoms with E-state index in [1.54, 1.807) is 0 Å². The van der Waals surface area contributed by atoms with Crippen LogP contribution >= 0.6 is 0 Å². The molecule has 0 radical (unpaired) electrons. The van der Waals surface area contributed by atoms with Crippen LogP contribution in [0.4, 0.5) is 0 Å². The van der Waals surface area contributed by atoms with Crippen molar-refractivity contribution in [1.82, 2.24) is 0 Å².